The van der Waals surface area contributed by atoms with E-state index >= 15 is 0 Å². The highest BCUT2D eigenvalue weighted by atomic mass is 127. The number of barbiturate groups is 1. The van der Waals surface area contributed by atoms with E-state index in [1.807, 2.05) is 19.1 Å². The van der Waals surface area contributed by atoms with Crippen LogP contribution in [-0.2, 0) is 22.7 Å². The van der Waals surface area contributed by atoms with E-state index in [0.717, 1.165) is 16.9 Å². The van der Waals surface area contributed by atoms with Gasteiger partial charge in [-0.25, -0.2) is 4.79 Å². The molecule has 9 nitrogen and oxygen atoms in total. The summed E-state index contributed by atoms with van der Waals surface area (Å²) in [5, 5.41) is 2.88. The lowest BCUT2D eigenvalue weighted by atomic mass is 10.1. The first kappa shape index (κ1) is 30.2. The van der Waals surface area contributed by atoms with E-state index < -0.39 is 17.8 Å². The number of hydrogen-bond acceptors (Lipinski definition) is 7. The Bertz CT molecular complexity index is 1490. The van der Waals surface area contributed by atoms with E-state index in [2.05, 4.69) is 27.9 Å². The molecule has 11 heteroatoms. The van der Waals surface area contributed by atoms with Gasteiger partial charge in [-0.05, 0) is 88.2 Å². The molecule has 0 radical (unpaired) electrons. The van der Waals surface area contributed by atoms with E-state index in [-0.39, 0.29) is 12.1 Å². The first-order valence-corrected chi connectivity index (χ1v) is 14.1. The van der Waals surface area contributed by atoms with Crippen LogP contribution in [-0.4, -0.2) is 43.6 Å². The maximum atomic E-state index is 13.4. The Balaban J connectivity index is 1.56. The maximum absolute atomic E-state index is 13.4. The Morgan fingerprint density at radius 3 is 2.29 bits per heavy atom. The van der Waals surface area contributed by atoms with Gasteiger partial charge in [-0.1, -0.05) is 36.7 Å². The maximum Gasteiger partial charge on any atom is 0.331 e. The van der Waals surface area contributed by atoms with Crippen molar-refractivity contribution in [2.45, 2.75) is 26.5 Å². The molecular formula is C30H28ClIN2O7. The van der Waals surface area contributed by atoms with Gasteiger partial charge in [0.2, 0.25) is 0 Å². The number of carbonyl (C=O) groups excluding carboxylic acids is 3. The number of urea groups is 1. The molecule has 4 amide bonds. The lowest BCUT2D eigenvalue weighted by molar-refractivity contribution is -0.130. The number of hydrogen-bond donors (Lipinski definition) is 1. The first-order chi connectivity index (χ1) is 19.7. The third-order valence-corrected chi connectivity index (χ3v) is 7.13. The van der Waals surface area contributed by atoms with Gasteiger partial charge in [-0.3, -0.25) is 19.8 Å². The average Bonchev–Trinajstić information content (AvgIpc) is 2.96. The molecule has 3 aromatic carbocycles. The molecule has 41 heavy (non-hydrogen) atoms. The Morgan fingerprint density at radius 1 is 0.902 bits per heavy atom. The first-order valence-electron chi connectivity index (χ1n) is 12.7. The van der Waals surface area contributed by atoms with Crippen molar-refractivity contribution < 1.29 is 33.3 Å². The van der Waals surface area contributed by atoms with E-state index in [4.69, 9.17) is 30.5 Å². The fraction of sp³-hybridized carbons (Fsp3) is 0.233. The second-order valence-corrected chi connectivity index (χ2v) is 10.6. The highest BCUT2D eigenvalue weighted by molar-refractivity contribution is 14.1. The Morgan fingerprint density at radius 2 is 1.61 bits per heavy atom. The highest BCUT2D eigenvalue weighted by Crippen LogP contribution is 2.36. The number of nitrogens with zero attached hydrogens (tertiary/aromatic N) is 1. The van der Waals surface area contributed by atoms with Crippen molar-refractivity contribution in [3.8, 4) is 23.0 Å². The monoisotopic (exact) mass is 690 g/mol. The molecular weight excluding hydrogens is 663 g/mol. The molecule has 1 heterocycles. The summed E-state index contributed by atoms with van der Waals surface area (Å²) in [6.45, 7) is 2.74. The highest BCUT2D eigenvalue weighted by Gasteiger charge is 2.36. The third-order valence-electron chi connectivity index (χ3n) is 6.08. The Hall–Kier alpha value is -3.77. The summed E-state index contributed by atoms with van der Waals surface area (Å²) in [5.41, 5.74) is 1.89. The molecule has 0 bridgehead atoms. The zero-order valence-corrected chi connectivity index (χ0v) is 25.6. The second kappa shape index (κ2) is 13.7. The lowest BCUT2D eigenvalue weighted by Gasteiger charge is -2.26. The van der Waals surface area contributed by atoms with Gasteiger partial charge >= 0.3 is 6.03 Å². The van der Waals surface area contributed by atoms with Crippen molar-refractivity contribution in [2.75, 3.05) is 20.8 Å². The van der Waals surface area contributed by atoms with Crippen LogP contribution in [0.2, 0.25) is 5.02 Å². The zero-order valence-electron chi connectivity index (χ0n) is 22.7. The summed E-state index contributed by atoms with van der Waals surface area (Å²) in [4.78, 5) is 39.7. The normalized spacial score (nSPS) is 14.2. The summed E-state index contributed by atoms with van der Waals surface area (Å²) >= 11 is 8.06. The van der Waals surface area contributed by atoms with Crippen molar-refractivity contribution in [2.24, 2.45) is 0 Å². The van der Waals surface area contributed by atoms with E-state index in [0.29, 0.717) is 55.9 Å². The van der Waals surface area contributed by atoms with Gasteiger partial charge in [0.05, 0.1) is 30.9 Å². The Labute approximate surface area is 256 Å². The van der Waals surface area contributed by atoms with Gasteiger partial charge in [0.25, 0.3) is 11.8 Å². The predicted molar refractivity (Wildman–Crippen MR) is 162 cm³/mol. The predicted octanol–water partition coefficient (Wildman–Crippen LogP) is 5.99. The minimum atomic E-state index is -0.805. The number of benzene rings is 3. The molecule has 1 saturated heterocycles. The molecule has 0 unspecified atom stereocenters. The van der Waals surface area contributed by atoms with Crippen molar-refractivity contribution in [1.29, 1.82) is 0 Å². The second-order valence-electron chi connectivity index (χ2n) is 8.99. The molecule has 0 saturated carbocycles. The average molecular weight is 691 g/mol. The molecule has 214 valence electrons. The number of carbonyl (C=O) groups is 3. The minimum Gasteiger partial charge on any atom is -0.493 e. The van der Waals surface area contributed by atoms with Gasteiger partial charge in [-0.15, -0.1) is 0 Å². The van der Waals surface area contributed by atoms with E-state index in [1.54, 1.807) is 42.5 Å². The van der Waals surface area contributed by atoms with Crippen molar-refractivity contribution >= 4 is 58.1 Å². The number of nitrogens with one attached hydrogen (secondary N) is 1. The number of amides is 4. The lowest BCUT2D eigenvalue weighted by Crippen LogP contribution is -2.53. The van der Waals surface area contributed by atoms with Gasteiger partial charge in [0.15, 0.2) is 23.0 Å². The van der Waals surface area contributed by atoms with Crippen LogP contribution in [0.3, 0.4) is 0 Å². The molecule has 3 aromatic rings. The molecule has 0 aromatic heterocycles. The Kier molecular flexibility index (Phi) is 10.1. The van der Waals surface area contributed by atoms with Crippen LogP contribution in [0, 0.1) is 3.57 Å². The largest absolute Gasteiger partial charge is 0.493 e. The summed E-state index contributed by atoms with van der Waals surface area (Å²) in [7, 11) is 3.02. The van der Waals surface area contributed by atoms with Crippen LogP contribution in [0.15, 0.2) is 60.2 Å². The van der Waals surface area contributed by atoms with Crippen LogP contribution in [0.1, 0.15) is 30.0 Å². The number of methoxy groups -OCH3 is 2. The number of rotatable bonds is 11. The molecule has 1 aliphatic heterocycles. The van der Waals surface area contributed by atoms with Crippen LogP contribution >= 0.6 is 34.2 Å². The van der Waals surface area contributed by atoms with Crippen LogP contribution in [0.4, 0.5) is 4.79 Å². The van der Waals surface area contributed by atoms with Gasteiger partial charge in [-0.2, -0.15) is 0 Å². The topological polar surface area (TPSA) is 103 Å². The molecule has 0 atom stereocenters. The molecule has 1 aliphatic rings. The third kappa shape index (κ3) is 7.31. The fourth-order valence-electron chi connectivity index (χ4n) is 4.03. The summed E-state index contributed by atoms with van der Waals surface area (Å²) in [5.74, 6) is 0.476. The summed E-state index contributed by atoms with van der Waals surface area (Å²) in [6.07, 6.45) is 2.26. The molecule has 4 rings (SSSR count). The number of imide groups is 2. The SMILES string of the molecule is CCCOc1ccc(CN2C(=O)NC(=O)/C(=C\c3cc(I)c(OCc4ccc(Cl)cc4)c(OC)c3)C2=O)cc1OC. The van der Waals surface area contributed by atoms with Gasteiger partial charge < -0.3 is 18.9 Å². The van der Waals surface area contributed by atoms with Gasteiger partial charge in [0.1, 0.15) is 12.2 Å². The standard InChI is InChI=1S/C30H28ClIN2O7/c1-4-11-40-24-10-7-19(14-25(24)38-2)16-34-29(36)22(28(35)33-30(34)37)12-20-13-23(32)27(26(15-20)39-3)41-17-18-5-8-21(31)9-6-18/h5-10,12-15H,4,11,16-17H2,1-3H3,(H,33,35,37)/b22-12+. The van der Waals surface area contributed by atoms with Crippen molar-refractivity contribution in [1.82, 2.24) is 10.2 Å². The molecule has 1 fully saturated rings. The molecule has 0 spiro atoms. The van der Waals surface area contributed by atoms with Crippen LogP contribution in [0.25, 0.3) is 6.08 Å². The molecule has 1 N–H and O–H groups in total. The summed E-state index contributed by atoms with van der Waals surface area (Å²) in [6, 6.07) is 15.1. The summed E-state index contributed by atoms with van der Waals surface area (Å²) < 4.78 is 23.3. The van der Waals surface area contributed by atoms with E-state index in [1.165, 1.54) is 20.3 Å². The molecule has 0 aliphatic carbocycles. The van der Waals surface area contributed by atoms with Crippen LogP contribution < -0.4 is 24.3 Å². The number of ether oxygens (including phenoxy) is 4. The van der Waals surface area contributed by atoms with Crippen molar-refractivity contribution in [3.05, 3.63) is 85.5 Å². The zero-order chi connectivity index (χ0) is 29.5. The quantitative estimate of drug-likeness (QED) is 0.150. The van der Waals surface area contributed by atoms with E-state index in [9.17, 15) is 14.4 Å². The van der Waals surface area contributed by atoms with Crippen LogP contribution in [0.5, 0.6) is 23.0 Å². The van der Waals surface area contributed by atoms with Gasteiger partial charge in [0, 0.05) is 5.02 Å². The van der Waals surface area contributed by atoms with Crippen molar-refractivity contribution in [3.63, 3.8) is 0 Å². The fourth-order valence-corrected chi connectivity index (χ4v) is 4.93. The minimum absolute atomic E-state index is 0.0714. The smallest absolute Gasteiger partial charge is 0.331 e. The number of halogens is 2.